The van der Waals surface area contributed by atoms with Gasteiger partial charge >= 0.3 is 0 Å². The molecule has 1 saturated carbocycles. The van der Waals surface area contributed by atoms with Gasteiger partial charge in [0.05, 0.1) is 23.3 Å². The van der Waals surface area contributed by atoms with Crippen LogP contribution in [0.15, 0.2) is 71.7 Å². The van der Waals surface area contributed by atoms with Gasteiger partial charge in [0, 0.05) is 29.0 Å². The maximum absolute atomic E-state index is 14.7. The highest BCUT2D eigenvalue weighted by molar-refractivity contribution is 6.30. The van der Waals surface area contributed by atoms with Crippen LogP contribution < -0.4 is 16.2 Å². The van der Waals surface area contributed by atoms with E-state index in [9.17, 15) is 23.9 Å². The van der Waals surface area contributed by atoms with Gasteiger partial charge in [0.15, 0.2) is 0 Å². The molecule has 1 unspecified atom stereocenters. The standard InChI is InChI=1S/C24H21ClFN3O4/c25-14-4-6-15(7-5-14)27-24(33)19-12-17(30)13-21(19)28-23(32)18-9-8-16(11-20(18)26)29-10-2-1-3-22(29)31/h1-11,17,19,21,30H,12-13H2,(H,27,33)(H,28,32)/t17?,19-,21-/m0/s1. The Labute approximate surface area is 193 Å². The third-order valence-corrected chi connectivity index (χ3v) is 5.85. The predicted molar refractivity (Wildman–Crippen MR) is 122 cm³/mol. The topological polar surface area (TPSA) is 100 Å². The largest absolute Gasteiger partial charge is 0.393 e. The SMILES string of the molecule is O=C(N[C@H]1CC(O)C[C@@H]1C(=O)Nc1ccc(Cl)cc1)c1ccc(-n2ccccc2=O)cc1F. The van der Waals surface area contributed by atoms with Crippen LogP contribution in [-0.4, -0.2) is 33.6 Å². The first-order chi connectivity index (χ1) is 15.8. The monoisotopic (exact) mass is 469 g/mol. The number of aliphatic hydroxyl groups excluding tert-OH is 1. The molecule has 0 radical (unpaired) electrons. The first-order valence-electron chi connectivity index (χ1n) is 10.3. The Hall–Kier alpha value is -3.49. The van der Waals surface area contributed by atoms with Gasteiger partial charge in [-0.25, -0.2) is 4.39 Å². The summed E-state index contributed by atoms with van der Waals surface area (Å²) in [5.74, 6) is -2.56. The molecule has 1 aliphatic rings. The number of nitrogens with one attached hydrogen (secondary N) is 2. The number of aromatic nitrogens is 1. The van der Waals surface area contributed by atoms with E-state index >= 15 is 0 Å². The molecule has 0 saturated heterocycles. The number of amides is 2. The molecule has 1 aromatic heterocycles. The van der Waals surface area contributed by atoms with Gasteiger partial charge in [0.1, 0.15) is 5.82 Å². The van der Waals surface area contributed by atoms with Crippen molar-refractivity contribution in [1.29, 1.82) is 0 Å². The lowest BCUT2D eigenvalue weighted by atomic mass is 10.0. The van der Waals surface area contributed by atoms with Gasteiger partial charge in [-0.2, -0.15) is 0 Å². The number of aliphatic hydroxyl groups is 1. The van der Waals surface area contributed by atoms with Crippen molar-refractivity contribution >= 4 is 29.1 Å². The molecule has 2 amide bonds. The second kappa shape index (κ2) is 9.56. The Morgan fingerprint density at radius 2 is 1.82 bits per heavy atom. The molecule has 3 atom stereocenters. The number of hydrogen-bond donors (Lipinski definition) is 3. The second-order valence-electron chi connectivity index (χ2n) is 7.88. The van der Waals surface area contributed by atoms with Gasteiger partial charge < -0.3 is 15.7 Å². The molecule has 1 aliphatic carbocycles. The number of halogens is 2. The maximum atomic E-state index is 14.7. The van der Waals surface area contributed by atoms with Crippen LogP contribution >= 0.6 is 11.6 Å². The minimum atomic E-state index is -0.804. The lowest BCUT2D eigenvalue weighted by Crippen LogP contribution is -2.42. The quantitative estimate of drug-likeness (QED) is 0.534. The molecule has 4 rings (SSSR count). The first-order valence-corrected chi connectivity index (χ1v) is 10.7. The molecule has 2 aromatic carbocycles. The van der Waals surface area contributed by atoms with Crippen molar-refractivity contribution in [2.45, 2.75) is 25.0 Å². The van der Waals surface area contributed by atoms with E-state index in [1.54, 1.807) is 36.4 Å². The lowest BCUT2D eigenvalue weighted by Gasteiger charge is -2.20. The molecule has 1 heterocycles. The van der Waals surface area contributed by atoms with Crippen LogP contribution in [-0.2, 0) is 4.79 Å². The molecule has 7 nitrogen and oxygen atoms in total. The van der Waals surface area contributed by atoms with E-state index < -0.39 is 29.8 Å². The van der Waals surface area contributed by atoms with Crippen molar-refractivity contribution in [3.63, 3.8) is 0 Å². The maximum Gasteiger partial charge on any atom is 0.255 e. The normalized spacial score (nSPS) is 19.8. The fourth-order valence-electron chi connectivity index (χ4n) is 3.95. The molecular formula is C24H21ClFN3O4. The Morgan fingerprint density at radius 3 is 2.52 bits per heavy atom. The summed E-state index contributed by atoms with van der Waals surface area (Å²) in [4.78, 5) is 37.5. The molecule has 0 spiro atoms. The van der Waals surface area contributed by atoms with E-state index in [1.807, 2.05) is 0 Å². The molecule has 0 aliphatic heterocycles. The number of rotatable bonds is 5. The zero-order valence-corrected chi connectivity index (χ0v) is 18.1. The van der Waals surface area contributed by atoms with Crippen LogP contribution in [0, 0.1) is 11.7 Å². The summed E-state index contributed by atoms with van der Waals surface area (Å²) >= 11 is 5.86. The van der Waals surface area contributed by atoms with Crippen molar-refractivity contribution < 1.29 is 19.1 Å². The summed E-state index contributed by atoms with van der Waals surface area (Å²) in [5.41, 5.74) is 0.268. The summed E-state index contributed by atoms with van der Waals surface area (Å²) in [5, 5.41) is 16.0. The summed E-state index contributed by atoms with van der Waals surface area (Å²) < 4.78 is 16.0. The van der Waals surface area contributed by atoms with E-state index in [4.69, 9.17) is 11.6 Å². The smallest absolute Gasteiger partial charge is 0.255 e. The summed E-state index contributed by atoms with van der Waals surface area (Å²) in [7, 11) is 0. The average molecular weight is 470 g/mol. The van der Waals surface area contributed by atoms with Gasteiger partial charge in [-0.05, 0) is 61.4 Å². The van der Waals surface area contributed by atoms with Crippen molar-refractivity contribution in [2.24, 2.45) is 5.92 Å². The minimum absolute atomic E-state index is 0.169. The number of carbonyl (C=O) groups is 2. The lowest BCUT2D eigenvalue weighted by molar-refractivity contribution is -0.120. The second-order valence-corrected chi connectivity index (χ2v) is 8.32. The summed E-state index contributed by atoms with van der Waals surface area (Å²) in [6.45, 7) is 0. The minimum Gasteiger partial charge on any atom is -0.393 e. The van der Waals surface area contributed by atoms with E-state index in [0.717, 1.165) is 6.07 Å². The van der Waals surface area contributed by atoms with Gasteiger partial charge in [0.2, 0.25) is 5.91 Å². The van der Waals surface area contributed by atoms with Crippen LogP contribution in [0.5, 0.6) is 0 Å². The zero-order chi connectivity index (χ0) is 23.5. The van der Waals surface area contributed by atoms with E-state index in [-0.39, 0.29) is 35.6 Å². The van der Waals surface area contributed by atoms with Gasteiger partial charge in [0.25, 0.3) is 11.5 Å². The van der Waals surface area contributed by atoms with Crippen LogP contribution in [0.1, 0.15) is 23.2 Å². The van der Waals surface area contributed by atoms with Crippen molar-refractivity contribution in [1.82, 2.24) is 9.88 Å². The Morgan fingerprint density at radius 1 is 1.06 bits per heavy atom. The van der Waals surface area contributed by atoms with Crippen LogP contribution in [0.25, 0.3) is 5.69 Å². The molecule has 33 heavy (non-hydrogen) atoms. The number of hydrogen-bond acceptors (Lipinski definition) is 4. The van der Waals surface area contributed by atoms with Crippen molar-refractivity contribution in [3.05, 3.63) is 93.6 Å². The molecule has 3 N–H and O–H groups in total. The van der Waals surface area contributed by atoms with Gasteiger partial charge in [-0.3, -0.25) is 19.0 Å². The van der Waals surface area contributed by atoms with Crippen LogP contribution in [0.2, 0.25) is 5.02 Å². The highest BCUT2D eigenvalue weighted by Crippen LogP contribution is 2.28. The van der Waals surface area contributed by atoms with E-state index in [2.05, 4.69) is 10.6 Å². The third-order valence-electron chi connectivity index (χ3n) is 5.60. The van der Waals surface area contributed by atoms with E-state index in [0.29, 0.717) is 10.7 Å². The molecule has 0 bridgehead atoms. The van der Waals surface area contributed by atoms with Gasteiger partial charge in [-0.15, -0.1) is 0 Å². The Kier molecular flexibility index (Phi) is 6.57. The molecular weight excluding hydrogens is 449 g/mol. The fourth-order valence-corrected chi connectivity index (χ4v) is 4.08. The molecule has 1 fully saturated rings. The number of pyridine rings is 1. The summed E-state index contributed by atoms with van der Waals surface area (Å²) in [6, 6.07) is 14.3. The summed E-state index contributed by atoms with van der Waals surface area (Å²) in [6.07, 6.45) is 1.07. The average Bonchev–Trinajstić information content (AvgIpc) is 3.15. The highest BCUT2D eigenvalue weighted by Gasteiger charge is 2.39. The number of benzene rings is 2. The first kappa shape index (κ1) is 22.7. The zero-order valence-electron chi connectivity index (χ0n) is 17.4. The van der Waals surface area contributed by atoms with Crippen molar-refractivity contribution in [3.8, 4) is 5.69 Å². The van der Waals surface area contributed by atoms with E-state index in [1.165, 1.54) is 29.0 Å². The fraction of sp³-hybridized carbons (Fsp3) is 0.208. The number of anilines is 1. The predicted octanol–water partition coefficient (Wildman–Crippen LogP) is 3.14. The number of nitrogens with zero attached hydrogens (tertiary/aromatic N) is 1. The Balaban J connectivity index is 1.48. The van der Waals surface area contributed by atoms with Crippen LogP contribution in [0.3, 0.4) is 0 Å². The van der Waals surface area contributed by atoms with Crippen molar-refractivity contribution in [2.75, 3.05) is 5.32 Å². The number of carbonyl (C=O) groups excluding carboxylic acids is 2. The third kappa shape index (κ3) is 5.13. The molecule has 3 aromatic rings. The highest BCUT2D eigenvalue weighted by atomic mass is 35.5. The van der Waals surface area contributed by atoms with Crippen LogP contribution in [0.4, 0.5) is 10.1 Å². The molecule has 9 heteroatoms. The molecule has 170 valence electrons. The van der Waals surface area contributed by atoms with Gasteiger partial charge in [-0.1, -0.05) is 17.7 Å². The Bertz CT molecular complexity index is 1240.